The largest absolute Gasteiger partial charge is 0.318 e. The summed E-state index contributed by atoms with van der Waals surface area (Å²) in [6, 6.07) is 2.54. The maximum absolute atomic E-state index is 13.0. The van der Waals surface area contributed by atoms with Crippen molar-refractivity contribution < 1.29 is 4.79 Å². The molecule has 1 aliphatic heterocycles. The summed E-state index contributed by atoms with van der Waals surface area (Å²) in [5, 5.41) is 7.86. The van der Waals surface area contributed by atoms with Crippen LogP contribution in [0.2, 0.25) is 0 Å². The van der Waals surface area contributed by atoms with Crippen molar-refractivity contribution in [2.75, 3.05) is 0 Å². The average molecular weight is 292 g/mol. The molecule has 0 bridgehead atoms. The van der Waals surface area contributed by atoms with E-state index in [-0.39, 0.29) is 12.1 Å². The highest BCUT2D eigenvalue weighted by Crippen LogP contribution is 2.40. The van der Waals surface area contributed by atoms with Gasteiger partial charge in [0, 0.05) is 6.04 Å². The highest BCUT2D eigenvalue weighted by Gasteiger charge is 2.51. The first-order chi connectivity index (χ1) is 9.57. The Morgan fingerprint density at radius 1 is 1.50 bits per heavy atom. The van der Waals surface area contributed by atoms with Crippen LogP contribution in [-0.4, -0.2) is 22.4 Å². The molecule has 1 aliphatic carbocycles. The molecule has 2 fully saturated rings. The van der Waals surface area contributed by atoms with Gasteiger partial charge in [-0.2, -0.15) is 11.3 Å². The van der Waals surface area contributed by atoms with Crippen LogP contribution in [0.3, 0.4) is 0 Å². The highest BCUT2D eigenvalue weighted by atomic mass is 32.1. The van der Waals surface area contributed by atoms with Crippen LogP contribution >= 0.6 is 11.3 Å². The van der Waals surface area contributed by atoms with E-state index in [0.29, 0.717) is 12.0 Å². The van der Waals surface area contributed by atoms with Crippen LogP contribution in [0.5, 0.6) is 0 Å². The number of nitrogens with zero attached hydrogens (tertiary/aromatic N) is 1. The Kier molecular flexibility index (Phi) is 3.63. The zero-order chi connectivity index (χ0) is 14.3. The quantitative estimate of drug-likeness (QED) is 0.924. The Hall–Kier alpha value is -0.870. The molecule has 2 heterocycles. The smallest absolute Gasteiger partial charge is 0.244 e. The summed E-state index contributed by atoms with van der Waals surface area (Å²) < 4.78 is 0. The van der Waals surface area contributed by atoms with Crippen LogP contribution in [0.15, 0.2) is 16.8 Å². The Bertz CT molecular complexity index is 487. The van der Waals surface area contributed by atoms with E-state index in [2.05, 4.69) is 40.9 Å². The van der Waals surface area contributed by atoms with Gasteiger partial charge in [-0.25, -0.2) is 0 Å². The number of carbonyl (C=O) groups excluding carboxylic acids is 1. The van der Waals surface area contributed by atoms with Gasteiger partial charge in [0.1, 0.15) is 6.17 Å². The number of nitrogens with one attached hydrogen (secondary N) is 1. The lowest BCUT2D eigenvalue weighted by atomic mass is 9.97. The molecule has 3 nitrogen and oxygen atoms in total. The molecule has 2 aliphatic rings. The van der Waals surface area contributed by atoms with Gasteiger partial charge in [0.2, 0.25) is 5.91 Å². The van der Waals surface area contributed by atoms with Gasteiger partial charge >= 0.3 is 0 Å². The van der Waals surface area contributed by atoms with Gasteiger partial charge in [0.15, 0.2) is 0 Å². The molecule has 1 N–H and O–H groups in total. The molecule has 1 saturated heterocycles. The fraction of sp³-hybridized carbons (Fsp3) is 0.688. The van der Waals surface area contributed by atoms with E-state index in [1.807, 2.05) is 6.92 Å². The first kappa shape index (κ1) is 14.1. The standard InChI is InChI=1S/C16H24N2OS/c1-4-16(3)15(19)18(13-7-5-6-11(13)2)14(17-16)12-8-9-20-10-12/h8-11,13-14,17H,4-7H2,1-3H3. The van der Waals surface area contributed by atoms with Crippen molar-refractivity contribution in [3.8, 4) is 0 Å². The SMILES string of the molecule is CCC1(C)NC(c2ccsc2)N(C2CCCC2C)C1=O. The minimum Gasteiger partial charge on any atom is -0.318 e. The second-order valence-electron chi connectivity index (χ2n) is 6.48. The maximum Gasteiger partial charge on any atom is 0.244 e. The van der Waals surface area contributed by atoms with E-state index < -0.39 is 5.54 Å². The molecule has 4 heteroatoms. The average Bonchev–Trinajstić information content (AvgIpc) is 3.13. The van der Waals surface area contributed by atoms with Crippen molar-refractivity contribution in [1.82, 2.24) is 10.2 Å². The summed E-state index contributed by atoms with van der Waals surface area (Å²) >= 11 is 1.70. The molecule has 1 amide bonds. The fourth-order valence-corrected chi connectivity index (χ4v) is 4.32. The van der Waals surface area contributed by atoms with Crippen molar-refractivity contribution in [2.45, 2.75) is 64.2 Å². The van der Waals surface area contributed by atoms with Gasteiger partial charge < -0.3 is 4.90 Å². The highest BCUT2D eigenvalue weighted by molar-refractivity contribution is 7.07. The van der Waals surface area contributed by atoms with E-state index in [9.17, 15) is 4.79 Å². The van der Waals surface area contributed by atoms with Crippen molar-refractivity contribution in [2.24, 2.45) is 5.92 Å². The lowest BCUT2D eigenvalue weighted by Gasteiger charge is -2.32. The summed E-state index contributed by atoms with van der Waals surface area (Å²) in [5.74, 6) is 0.899. The number of hydrogen-bond donors (Lipinski definition) is 1. The number of amides is 1. The number of hydrogen-bond acceptors (Lipinski definition) is 3. The van der Waals surface area contributed by atoms with Crippen molar-refractivity contribution in [3.63, 3.8) is 0 Å². The van der Waals surface area contributed by atoms with Gasteiger partial charge in [-0.3, -0.25) is 10.1 Å². The molecule has 0 aromatic carbocycles. The van der Waals surface area contributed by atoms with Crippen LogP contribution in [0.4, 0.5) is 0 Å². The van der Waals surface area contributed by atoms with Crippen LogP contribution in [-0.2, 0) is 4.79 Å². The van der Waals surface area contributed by atoms with Gasteiger partial charge in [0.05, 0.1) is 5.54 Å². The zero-order valence-electron chi connectivity index (χ0n) is 12.6. The lowest BCUT2D eigenvalue weighted by Crippen LogP contribution is -2.45. The Labute approximate surface area is 125 Å². The third-order valence-corrected chi connectivity index (χ3v) is 5.88. The van der Waals surface area contributed by atoms with E-state index in [0.717, 1.165) is 12.8 Å². The molecule has 3 rings (SSSR count). The van der Waals surface area contributed by atoms with Crippen molar-refractivity contribution >= 4 is 17.2 Å². The van der Waals surface area contributed by atoms with Crippen LogP contribution < -0.4 is 5.32 Å². The monoisotopic (exact) mass is 292 g/mol. The van der Waals surface area contributed by atoms with E-state index in [4.69, 9.17) is 0 Å². The minimum absolute atomic E-state index is 0.0595. The molecule has 0 radical (unpaired) electrons. The van der Waals surface area contributed by atoms with Crippen LogP contribution in [0.1, 0.15) is 58.2 Å². The summed E-state index contributed by atoms with van der Waals surface area (Å²) in [6.45, 7) is 6.43. The molecule has 110 valence electrons. The Balaban J connectivity index is 1.96. The Morgan fingerprint density at radius 3 is 2.85 bits per heavy atom. The molecule has 20 heavy (non-hydrogen) atoms. The molecule has 1 aromatic heterocycles. The van der Waals surface area contributed by atoms with Crippen molar-refractivity contribution in [3.05, 3.63) is 22.4 Å². The van der Waals surface area contributed by atoms with Gasteiger partial charge in [-0.05, 0) is 54.5 Å². The zero-order valence-corrected chi connectivity index (χ0v) is 13.4. The van der Waals surface area contributed by atoms with Crippen LogP contribution in [0, 0.1) is 5.92 Å². The number of carbonyl (C=O) groups is 1. The van der Waals surface area contributed by atoms with E-state index in [1.165, 1.54) is 18.4 Å². The van der Waals surface area contributed by atoms with Gasteiger partial charge in [-0.1, -0.05) is 20.3 Å². The summed E-state index contributed by atoms with van der Waals surface area (Å²) in [4.78, 5) is 15.1. The summed E-state index contributed by atoms with van der Waals surface area (Å²) in [7, 11) is 0. The molecular weight excluding hydrogens is 268 g/mol. The first-order valence-corrected chi connectivity index (χ1v) is 8.63. The molecular formula is C16H24N2OS. The second-order valence-corrected chi connectivity index (χ2v) is 7.26. The predicted molar refractivity (Wildman–Crippen MR) is 82.5 cm³/mol. The maximum atomic E-state index is 13.0. The normalized spacial score (nSPS) is 37.9. The topological polar surface area (TPSA) is 32.3 Å². The third-order valence-electron chi connectivity index (χ3n) is 5.18. The van der Waals surface area contributed by atoms with E-state index in [1.54, 1.807) is 11.3 Å². The molecule has 4 atom stereocenters. The molecule has 0 spiro atoms. The first-order valence-electron chi connectivity index (χ1n) is 7.69. The lowest BCUT2D eigenvalue weighted by molar-refractivity contribution is -0.135. The van der Waals surface area contributed by atoms with Gasteiger partial charge in [0.25, 0.3) is 0 Å². The van der Waals surface area contributed by atoms with Crippen LogP contribution in [0.25, 0.3) is 0 Å². The second kappa shape index (κ2) is 5.15. The summed E-state index contributed by atoms with van der Waals surface area (Å²) in [5.41, 5.74) is 0.828. The fourth-order valence-electron chi connectivity index (χ4n) is 3.64. The molecule has 4 unspecified atom stereocenters. The van der Waals surface area contributed by atoms with E-state index >= 15 is 0 Å². The molecule has 1 saturated carbocycles. The van der Waals surface area contributed by atoms with Crippen molar-refractivity contribution in [1.29, 1.82) is 0 Å². The minimum atomic E-state index is -0.408. The van der Waals surface area contributed by atoms with Gasteiger partial charge in [-0.15, -0.1) is 0 Å². The third kappa shape index (κ3) is 2.09. The Morgan fingerprint density at radius 2 is 2.30 bits per heavy atom. The molecule has 1 aromatic rings. The number of rotatable bonds is 3. The summed E-state index contributed by atoms with van der Waals surface area (Å²) in [6.07, 6.45) is 4.53. The number of thiophene rings is 1. The predicted octanol–water partition coefficient (Wildman–Crippen LogP) is 3.54.